The van der Waals surface area contributed by atoms with Crippen molar-refractivity contribution < 1.29 is 23.5 Å². The second-order valence-electron chi connectivity index (χ2n) is 11.0. The Morgan fingerprint density at radius 1 is 1.18 bits per heavy atom. The van der Waals surface area contributed by atoms with Gasteiger partial charge in [0, 0.05) is 22.7 Å². The van der Waals surface area contributed by atoms with Crippen LogP contribution in [0.25, 0.3) is 0 Å². The molecule has 4 unspecified atom stereocenters. The van der Waals surface area contributed by atoms with Crippen molar-refractivity contribution in [3.8, 4) is 11.5 Å². The van der Waals surface area contributed by atoms with Crippen LogP contribution in [0.3, 0.4) is 0 Å². The Balaban J connectivity index is 1.60. The highest BCUT2D eigenvalue weighted by atomic mass is 35.5. The number of amidine groups is 1. The van der Waals surface area contributed by atoms with Crippen LogP contribution in [0.15, 0.2) is 70.8 Å². The molecule has 1 saturated heterocycles. The number of hydrogen-bond acceptors (Lipinski definition) is 5. The number of carbonyl (C=O) groups excluding carboxylic acids is 2. The van der Waals surface area contributed by atoms with Gasteiger partial charge in [-0.2, -0.15) is 0 Å². The average Bonchev–Trinajstić information content (AvgIpc) is 3.32. The Morgan fingerprint density at radius 2 is 1.90 bits per heavy atom. The molecule has 6 rings (SSSR count). The molecular formula is C30H30ClFN4O4. The Morgan fingerprint density at radius 3 is 2.58 bits per heavy atom. The lowest BCUT2D eigenvalue weighted by atomic mass is 9.67. The summed E-state index contributed by atoms with van der Waals surface area (Å²) in [6.45, 7) is 7.25. The highest BCUT2D eigenvalue weighted by Crippen LogP contribution is 2.56. The zero-order valence-electron chi connectivity index (χ0n) is 22.9. The average molecular weight is 565 g/mol. The Labute approximate surface area is 237 Å². The van der Waals surface area contributed by atoms with Crippen LogP contribution < -0.4 is 14.8 Å². The van der Waals surface area contributed by atoms with Crippen LogP contribution in [0.5, 0.6) is 11.5 Å². The fourth-order valence-electron chi connectivity index (χ4n) is 6.27. The summed E-state index contributed by atoms with van der Waals surface area (Å²) in [6, 6.07) is 11.1. The number of nitrogens with zero attached hydrogens (tertiary/aromatic N) is 3. The molecule has 2 aromatic carbocycles. The third-order valence-electron chi connectivity index (χ3n) is 8.02. The number of methoxy groups -OCH3 is 1. The second kappa shape index (κ2) is 9.37. The van der Waals surface area contributed by atoms with E-state index in [1.807, 2.05) is 39.0 Å². The van der Waals surface area contributed by atoms with E-state index in [0.29, 0.717) is 39.3 Å². The molecule has 4 aliphatic rings. The van der Waals surface area contributed by atoms with E-state index in [1.54, 1.807) is 49.3 Å². The molecule has 0 radical (unpaired) electrons. The van der Waals surface area contributed by atoms with Crippen molar-refractivity contribution in [1.29, 1.82) is 0 Å². The monoisotopic (exact) mass is 564 g/mol. The van der Waals surface area contributed by atoms with Crippen molar-refractivity contribution in [2.24, 2.45) is 16.3 Å². The summed E-state index contributed by atoms with van der Waals surface area (Å²) in [7, 11) is 1.57. The Hall–Kier alpha value is -3.85. The van der Waals surface area contributed by atoms with Gasteiger partial charge in [-0.1, -0.05) is 30.7 Å². The summed E-state index contributed by atoms with van der Waals surface area (Å²) >= 11 is 6.21. The number of ether oxygens (including phenoxy) is 2. The number of carbonyl (C=O) groups is 2. The van der Waals surface area contributed by atoms with Gasteiger partial charge in [-0.15, -0.1) is 0 Å². The van der Waals surface area contributed by atoms with Gasteiger partial charge in [0.1, 0.15) is 29.7 Å². The van der Waals surface area contributed by atoms with Crippen molar-refractivity contribution in [3.63, 3.8) is 0 Å². The SMILES string of the molecule is COc1ccc(C2=NC(c3ccc(Cl)cc3)C3N2C(=O)N2CC(=O)NC4=C2C3(C)C=C(F)C4C)c(OC(C)C)c1. The summed E-state index contributed by atoms with van der Waals surface area (Å²) in [6.07, 6.45) is 1.43. The molecule has 0 saturated carbocycles. The smallest absolute Gasteiger partial charge is 0.330 e. The van der Waals surface area contributed by atoms with Gasteiger partial charge in [-0.3, -0.25) is 19.6 Å². The van der Waals surface area contributed by atoms with E-state index in [9.17, 15) is 9.59 Å². The molecule has 0 bridgehead atoms. The minimum atomic E-state index is -1.01. The molecule has 10 heteroatoms. The van der Waals surface area contributed by atoms with Crippen LogP contribution in [-0.2, 0) is 4.79 Å². The van der Waals surface area contributed by atoms with Crippen LogP contribution in [0.2, 0.25) is 5.02 Å². The molecule has 208 valence electrons. The van der Waals surface area contributed by atoms with Gasteiger partial charge in [0.2, 0.25) is 5.91 Å². The molecule has 8 nitrogen and oxygen atoms in total. The lowest BCUT2D eigenvalue weighted by molar-refractivity contribution is -0.122. The molecule has 0 spiro atoms. The zero-order chi connectivity index (χ0) is 28.5. The summed E-state index contributed by atoms with van der Waals surface area (Å²) in [5.41, 5.74) is 1.44. The minimum Gasteiger partial charge on any atom is -0.497 e. The van der Waals surface area contributed by atoms with Crippen molar-refractivity contribution in [1.82, 2.24) is 15.1 Å². The molecule has 0 aromatic heterocycles. The van der Waals surface area contributed by atoms with Crippen LogP contribution in [0, 0.1) is 11.3 Å². The maximum absolute atomic E-state index is 15.6. The lowest BCUT2D eigenvalue weighted by Gasteiger charge is -2.54. The van der Waals surface area contributed by atoms with E-state index in [-0.39, 0.29) is 24.4 Å². The summed E-state index contributed by atoms with van der Waals surface area (Å²) in [4.78, 5) is 35.3. The summed E-state index contributed by atoms with van der Waals surface area (Å²) < 4.78 is 27.2. The molecule has 2 aromatic rings. The summed E-state index contributed by atoms with van der Waals surface area (Å²) in [5, 5.41) is 3.43. The first-order valence-electron chi connectivity index (χ1n) is 13.2. The Kier molecular flexibility index (Phi) is 6.18. The van der Waals surface area contributed by atoms with Gasteiger partial charge in [-0.05, 0) is 56.7 Å². The molecule has 3 aliphatic heterocycles. The number of amides is 3. The van der Waals surface area contributed by atoms with Crippen LogP contribution in [0.1, 0.15) is 44.9 Å². The van der Waals surface area contributed by atoms with E-state index in [2.05, 4.69) is 5.32 Å². The number of fused-ring (bicyclic) bond motifs is 2. The lowest BCUT2D eigenvalue weighted by Crippen LogP contribution is -2.66. The van der Waals surface area contributed by atoms with Gasteiger partial charge in [0.15, 0.2) is 0 Å². The van der Waals surface area contributed by atoms with Crippen molar-refractivity contribution in [2.75, 3.05) is 13.7 Å². The number of aliphatic imine (C=N–C) groups is 1. The predicted octanol–water partition coefficient (Wildman–Crippen LogP) is 5.59. The number of rotatable bonds is 5. The van der Waals surface area contributed by atoms with Gasteiger partial charge in [0.25, 0.3) is 0 Å². The molecule has 1 fully saturated rings. The van der Waals surface area contributed by atoms with E-state index >= 15 is 4.39 Å². The maximum Gasteiger partial charge on any atom is 0.330 e. The van der Waals surface area contributed by atoms with E-state index in [0.717, 1.165) is 5.56 Å². The molecule has 40 heavy (non-hydrogen) atoms. The van der Waals surface area contributed by atoms with E-state index < -0.39 is 29.4 Å². The predicted molar refractivity (Wildman–Crippen MR) is 149 cm³/mol. The fourth-order valence-corrected chi connectivity index (χ4v) is 6.40. The third kappa shape index (κ3) is 3.90. The number of halogens is 2. The van der Waals surface area contributed by atoms with Crippen molar-refractivity contribution in [2.45, 2.75) is 45.9 Å². The topological polar surface area (TPSA) is 83.5 Å². The molecule has 1 aliphatic carbocycles. The minimum absolute atomic E-state index is 0.162. The first-order chi connectivity index (χ1) is 19.0. The third-order valence-corrected chi connectivity index (χ3v) is 8.27. The number of allylic oxidation sites excluding steroid dienone is 1. The number of benzene rings is 2. The van der Waals surface area contributed by atoms with Gasteiger partial charge in [-0.25, -0.2) is 9.18 Å². The number of hydrogen-bond donors (Lipinski definition) is 1. The van der Waals surface area contributed by atoms with Gasteiger partial charge < -0.3 is 14.8 Å². The molecule has 3 heterocycles. The van der Waals surface area contributed by atoms with Crippen LogP contribution in [0.4, 0.5) is 9.18 Å². The first-order valence-corrected chi connectivity index (χ1v) is 13.6. The van der Waals surface area contributed by atoms with E-state index in [4.69, 9.17) is 26.1 Å². The quantitative estimate of drug-likeness (QED) is 0.513. The fraction of sp³-hybridized carbons (Fsp3) is 0.367. The van der Waals surface area contributed by atoms with Crippen molar-refractivity contribution >= 4 is 29.4 Å². The zero-order valence-corrected chi connectivity index (χ0v) is 23.6. The molecule has 4 atom stereocenters. The van der Waals surface area contributed by atoms with Crippen LogP contribution in [-0.4, -0.2) is 53.4 Å². The highest BCUT2D eigenvalue weighted by molar-refractivity contribution is 6.30. The largest absolute Gasteiger partial charge is 0.497 e. The standard InChI is InChI=1S/C30H30ClFN4O4/c1-15(2)40-22-12-19(39-5)10-11-20(22)28-34-25(17-6-8-18(31)9-7-17)27-30(4)13-21(32)16(3)24-26(30)35(14-23(37)33-24)29(38)36(27)28/h6-13,15-16,25,27H,14H2,1-5H3,(H,33,37). The summed E-state index contributed by atoms with van der Waals surface area (Å²) in [5.74, 6) is 0.0588. The van der Waals surface area contributed by atoms with Crippen molar-refractivity contribution in [3.05, 3.63) is 81.9 Å². The highest BCUT2D eigenvalue weighted by Gasteiger charge is 2.61. The normalized spacial score (nSPS) is 27.2. The molecular weight excluding hydrogens is 535 g/mol. The molecule has 1 N–H and O–H groups in total. The Bertz CT molecular complexity index is 1520. The first kappa shape index (κ1) is 26.4. The number of urea groups is 1. The number of nitrogens with one attached hydrogen (secondary N) is 1. The van der Waals surface area contributed by atoms with E-state index in [1.165, 1.54) is 4.90 Å². The van der Waals surface area contributed by atoms with Crippen LogP contribution >= 0.6 is 11.6 Å². The maximum atomic E-state index is 15.6. The second-order valence-corrected chi connectivity index (χ2v) is 11.4. The van der Waals surface area contributed by atoms with Gasteiger partial charge >= 0.3 is 6.03 Å². The van der Waals surface area contributed by atoms with Gasteiger partial charge in [0.05, 0.1) is 42.0 Å². The molecule has 3 amide bonds.